The van der Waals surface area contributed by atoms with E-state index in [-0.39, 0.29) is 5.91 Å². The van der Waals surface area contributed by atoms with Crippen LogP contribution in [0.15, 0.2) is 6.20 Å². The van der Waals surface area contributed by atoms with Gasteiger partial charge in [-0.25, -0.2) is 0 Å². The van der Waals surface area contributed by atoms with Crippen LogP contribution in [0, 0.1) is 12.8 Å². The molecule has 0 saturated heterocycles. The number of aromatic amines is 1. The summed E-state index contributed by atoms with van der Waals surface area (Å²) in [6, 6.07) is 0. The number of carbonyl (C=O) groups excluding carboxylic acids is 1. The molecule has 5 heteroatoms. The van der Waals surface area contributed by atoms with Gasteiger partial charge < -0.3 is 10.1 Å². The fourth-order valence-electron chi connectivity index (χ4n) is 2.30. The van der Waals surface area contributed by atoms with E-state index in [9.17, 15) is 4.79 Å². The van der Waals surface area contributed by atoms with Gasteiger partial charge in [-0.05, 0) is 32.6 Å². The molecule has 1 aromatic heterocycles. The third-order valence-electron chi connectivity index (χ3n) is 3.48. The van der Waals surface area contributed by atoms with Crippen molar-refractivity contribution in [3.05, 3.63) is 17.5 Å². The number of ether oxygens (including phenoxy) is 1. The van der Waals surface area contributed by atoms with E-state index in [1.54, 1.807) is 6.20 Å². The number of carbonyl (C=O) groups is 1. The summed E-state index contributed by atoms with van der Waals surface area (Å²) in [5, 5.41) is 9.72. The second-order valence-electron chi connectivity index (χ2n) is 4.92. The number of rotatable bonds is 6. The van der Waals surface area contributed by atoms with Crippen molar-refractivity contribution < 1.29 is 9.53 Å². The highest BCUT2D eigenvalue weighted by Gasteiger charge is 2.30. The molecule has 1 amide bonds. The fourth-order valence-corrected chi connectivity index (χ4v) is 2.30. The topological polar surface area (TPSA) is 67.0 Å². The first-order valence-electron chi connectivity index (χ1n) is 6.56. The molecule has 2 rings (SSSR count). The summed E-state index contributed by atoms with van der Waals surface area (Å²) in [4.78, 5) is 11.7. The summed E-state index contributed by atoms with van der Waals surface area (Å²) in [5.41, 5.74) is 2.06. The molecular formula is C13H21N3O2. The van der Waals surface area contributed by atoms with Crippen LogP contribution in [0.1, 0.15) is 37.4 Å². The minimum Gasteiger partial charge on any atom is -0.378 e. The molecule has 5 nitrogen and oxygen atoms in total. The molecule has 1 aromatic rings. The lowest BCUT2D eigenvalue weighted by molar-refractivity contribution is -0.124. The maximum atomic E-state index is 11.7. The molecule has 0 aromatic carbocycles. The van der Waals surface area contributed by atoms with E-state index < -0.39 is 0 Å². The average Bonchev–Trinajstić information content (AvgIpc) is 2.69. The molecular weight excluding hydrogens is 230 g/mol. The molecule has 0 spiro atoms. The Morgan fingerprint density at radius 3 is 3.00 bits per heavy atom. The molecule has 18 heavy (non-hydrogen) atoms. The second kappa shape index (κ2) is 6.00. The molecule has 0 unspecified atom stereocenters. The van der Waals surface area contributed by atoms with Crippen molar-refractivity contribution >= 4 is 5.91 Å². The van der Waals surface area contributed by atoms with E-state index >= 15 is 0 Å². The minimum atomic E-state index is 0.121. The highest BCUT2D eigenvalue weighted by molar-refractivity contribution is 5.76. The van der Waals surface area contributed by atoms with Crippen LogP contribution in [-0.2, 0) is 16.1 Å². The van der Waals surface area contributed by atoms with Crippen molar-refractivity contribution in [1.82, 2.24) is 15.5 Å². The number of nitrogens with zero attached hydrogens (tertiary/aromatic N) is 1. The van der Waals surface area contributed by atoms with Crippen molar-refractivity contribution in [3.8, 4) is 0 Å². The Morgan fingerprint density at radius 2 is 2.39 bits per heavy atom. The lowest BCUT2D eigenvalue weighted by atomic mass is 9.80. The SMILES string of the molecule is CCOC1CC(CC(=O)NCc2cn[nH]c2C)C1. The molecule has 100 valence electrons. The van der Waals surface area contributed by atoms with Gasteiger partial charge in [-0.2, -0.15) is 5.10 Å². The molecule has 0 bridgehead atoms. The van der Waals surface area contributed by atoms with Crippen molar-refractivity contribution in [2.24, 2.45) is 5.92 Å². The van der Waals surface area contributed by atoms with Crippen LogP contribution >= 0.6 is 0 Å². The number of hydrogen-bond donors (Lipinski definition) is 2. The van der Waals surface area contributed by atoms with Crippen LogP contribution in [0.4, 0.5) is 0 Å². The van der Waals surface area contributed by atoms with Gasteiger partial charge in [-0.1, -0.05) is 0 Å². The Bertz CT molecular complexity index is 397. The molecule has 0 aliphatic heterocycles. The van der Waals surface area contributed by atoms with Gasteiger partial charge in [-0.3, -0.25) is 9.89 Å². The average molecular weight is 251 g/mol. The first-order valence-corrected chi connectivity index (χ1v) is 6.56. The molecule has 0 radical (unpaired) electrons. The maximum absolute atomic E-state index is 11.7. The Morgan fingerprint density at radius 1 is 1.61 bits per heavy atom. The quantitative estimate of drug-likeness (QED) is 0.806. The Hall–Kier alpha value is -1.36. The van der Waals surface area contributed by atoms with Gasteiger partial charge in [0.05, 0.1) is 12.3 Å². The third kappa shape index (κ3) is 3.32. The number of aryl methyl sites for hydroxylation is 1. The van der Waals surface area contributed by atoms with Gasteiger partial charge >= 0.3 is 0 Å². The summed E-state index contributed by atoms with van der Waals surface area (Å²) >= 11 is 0. The van der Waals surface area contributed by atoms with Crippen LogP contribution in [0.5, 0.6) is 0 Å². The Kier molecular flexibility index (Phi) is 4.36. The van der Waals surface area contributed by atoms with Gasteiger partial charge in [-0.15, -0.1) is 0 Å². The smallest absolute Gasteiger partial charge is 0.220 e. The number of amides is 1. The minimum absolute atomic E-state index is 0.121. The molecule has 1 aliphatic carbocycles. The summed E-state index contributed by atoms with van der Waals surface area (Å²) in [6.45, 7) is 5.28. The molecule has 1 saturated carbocycles. The van der Waals surface area contributed by atoms with Gasteiger partial charge in [0.25, 0.3) is 0 Å². The van der Waals surface area contributed by atoms with Crippen molar-refractivity contribution in [1.29, 1.82) is 0 Å². The molecule has 1 fully saturated rings. The second-order valence-corrected chi connectivity index (χ2v) is 4.92. The summed E-state index contributed by atoms with van der Waals surface area (Å²) in [5.74, 6) is 0.613. The van der Waals surface area contributed by atoms with Gasteiger partial charge in [0.2, 0.25) is 5.91 Å². The lowest BCUT2D eigenvalue weighted by Gasteiger charge is -2.34. The molecule has 2 N–H and O–H groups in total. The largest absolute Gasteiger partial charge is 0.378 e. The van der Waals surface area contributed by atoms with Crippen LogP contribution in [0.3, 0.4) is 0 Å². The fraction of sp³-hybridized carbons (Fsp3) is 0.692. The standard InChI is InChI=1S/C13H21N3O2/c1-3-18-12-4-10(5-12)6-13(17)14-7-11-8-15-16-9(11)2/h8,10,12H,3-7H2,1-2H3,(H,14,17)(H,15,16). The predicted octanol–water partition coefficient (Wildman–Crippen LogP) is 1.54. The number of hydrogen-bond acceptors (Lipinski definition) is 3. The van der Waals surface area contributed by atoms with E-state index in [1.807, 2.05) is 13.8 Å². The first kappa shape index (κ1) is 13.1. The van der Waals surface area contributed by atoms with Crippen LogP contribution in [0.25, 0.3) is 0 Å². The lowest BCUT2D eigenvalue weighted by Crippen LogP contribution is -2.35. The van der Waals surface area contributed by atoms with Crippen molar-refractivity contribution in [3.63, 3.8) is 0 Å². The highest BCUT2D eigenvalue weighted by atomic mass is 16.5. The van der Waals surface area contributed by atoms with E-state index in [0.29, 0.717) is 25.0 Å². The third-order valence-corrected chi connectivity index (χ3v) is 3.48. The monoisotopic (exact) mass is 251 g/mol. The number of aromatic nitrogens is 2. The van der Waals surface area contributed by atoms with Gasteiger partial charge in [0.1, 0.15) is 0 Å². The molecule has 1 heterocycles. The van der Waals surface area contributed by atoms with Crippen molar-refractivity contribution in [2.75, 3.05) is 6.61 Å². The molecule has 1 aliphatic rings. The van der Waals surface area contributed by atoms with E-state index in [2.05, 4.69) is 15.5 Å². The first-order chi connectivity index (χ1) is 8.69. The summed E-state index contributed by atoms with van der Waals surface area (Å²) < 4.78 is 5.48. The summed E-state index contributed by atoms with van der Waals surface area (Å²) in [7, 11) is 0. The Labute approximate surface area is 107 Å². The zero-order valence-corrected chi connectivity index (χ0v) is 11.0. The van der Waals surface area contributed by atoms with Crippen LogP contribution in [0.2, 0.25) is 0 Å². The van der Waals surface area contributed by atoms with E-state index in [4.69, 9.17) is 4.74 Å². The number of nitrogens with one attached hydrogen (secondary N) is 2. The Balaban J connectivity index is 1.63. The van der Waals surface area contributed by atoms with Crippen molar-refractivity contribution in [2.45, 2.75) is 45.8 Å². The van der Waals surface area contributed by atoms with Gasteiger partial charge in [0, 0.05) is 30.8 Å². The van der Waals surface area contributed by atoms with Crippen LogP contribution in [-0.4, -0.2) is 28.8 Å². The number of H-pyrrole nitrogens is 1. The zero-order chi connectivity index (χ0) is 13.0. The predicted molar refractivity (Wildman–Crippen MR) is 67.9 cm³/mol. The normalized spacial score (nSPS) is 22.6. The zero-order valence-electron chi connectivity index (χ0n) is 11.0. The summed E-state index contributed by atoms with van der Waals surface area (Å²) in [6.07, 6.45) is 4.78. The van der Waals surface area contributed by atoms with E-state index in [1.165, 1.54) is 0 Å². The van der Waals surface area contributed by atoms with E-state index in [0.717, 1.165) is 30.7 Å². The maximum Gasteiger partial charge on any atom is 0.220 e. The van der Waals surface area contributed by atoms with Gasteiger partial charge in [0.15, 0.2) is 0 Å². The molecule has 0 atom stereocenters. The van der Waals surface area contributed by atoms with Crippen LogP contribution < -0.4 is 5.32 Å². The highest BCUT2D eigenvalue weighted by Crippen LogP contribution is 2.32.